The molecule has 1 aliphatic carbocycles. The lowest BCUT2D eigenvalue weighted by Gasteiger charge is -2.17. The lowest BCUT2D eigenvalue weighted by molar-refractivity contribution is -0.00565. The third-order valence-electron chi connectivity index (χ3n) is 2.75. The monoisotopic (exact) mass is 307 g/mol. The van der Waals surface area contributed by atoms with Gasteiger partial charge >= 0.3 is 7.82 Å². The van der Waals surface area contributed by atoms with Crippen molar-refractivity contribution >= 4 is 19.2 Å². The van der Waals surface area contributed by atoms with Gasteiger partial charge in [-0.15, -0.1) is 0 Å². The number of nitrogens with one attached hydrogen (secondary N) is 1. The minimum absolute atomic E-state index is 0.0806. The van der Waals surface area contributed by atoms with Gasteiger partial charge in [0.05, 0.1) is 18.2 Å². The first kappa shape index (κ1) is 15.2. The van der Waals surface area contributed by atoms with E-state index in [1.807, 2.05) is 31.2 Å². The largest absolute Gasteiger partial charge is 0.524 e. The second-order valence-corrected chi connectivity index (χ2v) is 5.66. The van der Waals surface area contributed by atoms with E-state index in [0.717, 1.165) is 11.3 Å². The van der Waals surface area contributed by atoms with E-state index in [4.69, 9.17) is 15.3 Å². The summed E-state index contributed by atoms with van der Waals surface area (Å²) >= 11 is 0. The van der Waals surface area contributed by atoms with Crippen LogP contribution in [0.25, 0.3) is 5.53 Å². The van der Waals surface area contributed by atoms with Gasteiger partial charge in [0.25, 0.3) is 5.71 Å². The highest BCUT2D eigenvalue weighted by atomic mass is 31.2. The highest BCUT2D eigenvalue weighted by Gasteiger charge is 2.25. The van der Waals surface area contributed by atoms with E-state index in [-0.39, 0.29) is 11.5 Å². The fourth-order valence-electron chi connectivity index (χ4n) is 1.77. The third-order valence-corrected chi connectivity index (χ3v) is 3.19. The number of anilines is 1. The molecule has 0 radical (unpaired) electrons. The van der Waals surface area contributed by atoms with E-state index < -0.39 is 7.82 Å². The van der Waals surface area contributed by atoms with Crippen LogP contribution in [0.3, 0.4) is 0 Å². The Labute approximate surface area is 121 Å². The lowest BCUT2D eigenvalue weighted by atomic mass is 10.1. The van der Waals surface area contributed by atoms with Crippen molar-refractivity contribution in [2.45, 2.75) is 13.3 Å². The van der Waals surface area contributed by atoms with Crippen molar-refractivity contribution in [1.29, 1.82) is 0 Å². The van der Waals surface area contributed by atoms with Gasteiger partial charge < -0.3 is 15.4 Å². The Morgan fingerprint density at radius 3 is 2.57 bits per heavy atom. The first-order chi connectivity index (χ1) is 9.87. The Kier molecular flexibility index (Phi) is 4.40. The number of phosphoric ester groups is 1. The first-order valence-electron chi connectivity index (χ1n) is 6.09. The molecule has 1 aromatic rings. The lowest BCUT2D eigenvalue weighted by Crippen LogP contribution is -2.12. The number of hydrogen-bond donors (Lipinski definition) is 3. The molecule has 7 nitrogen and oxygen atoms in total. The standard InChI is InChI=1S/C13H14N3O4P/c1-9-2-4-10(5-3-9)15-12-7-6-11(16-14)8-13(12)20-21(17,18)19/h2-5,7-8,15H,6H2,1H3,(H2,17,18,19). The second kappa shape index (κ2) is 6.08. The summed E-state index contributed by atoms with van der Waals surface area (Å²) in [5.74, 6) is -0.0806. The average molecular weight is 307 g/mol. The molecule has 0 aromatic heterocycles. The molecular formula is C13H14N3O4P. The van der Waals surface area contributed by atoms with E-state index in [1.165, 1.54) is 6.08 Å². The first-order valence-corrected chi connectivity index (χ1v) is 7.62. The van der Waals surface area contributed by atoms with Crippen molar-refractivity contribution in [3.05, 3.63) is 59.0 Å². The Balaban J connectivity index is 2.26. The SMILES string of the molecule is Cc1ccc(NC2=CCC(=[N+]=[N-])C=C2OP(=O)(O)O)cc1. The van der Waals surface area contributed by atoms with Gasteiger partial charge in [0.2, 0.25) is 0 Å². The van der Waals surface area contributed by atoms with Crippen LogP contribution in [-0.2, 0) is 9.09 Å². The molecule has 0 spiro atoms. The van der Waals surface area contributed by atoms with E-state index in [0.29, 0.717) is 12.1 Å². The zero-order chi connectivity index (χ0) is 15.5. The molecule has 21 heavy (non-hydrogen) atoms. The van der Waals surface area contributed by atoms with E-state index in [2.05, 4.69) is 14.6 Å². The van der Waals surface area contributed by atoms with Gasteiger partial charge in [0.15, 0.2) is 5.76 Å². The summed E-state index contributed by atoms with van der Waals surface area (Å²) < 4.78 is 15.6. The molecule has 0 saturated heterocycles. The molecule has 0 bridgehead atoms. The van der Waals surface area contributed by atoms with Crippen LogP contribution in [0.1, 0.15) is 12.0 Å². The maximum Gasteiger partial charge on any atom is 0.524 e. The summed E-state index contributed by atoms with van der Waals surface area (Å²) in [5.41, 5.74) is 11.2. The molecular weight excluding hydrogens is 293 g/mol. The third kappa shape index (κ3) is 4.41. The van der Waals surface area contributed by atoms with Crippen LogP contribution in [0.15, 0.2) is 47.9 Å². The number of rotatable bonds is 4. The van der Waals surface area contributed by atoms with Crippen molar-refractivity contribution in [3.8, 4) is 0 Å². The fraction of sp³-hybridized carbons (Fsp3) is 0.154. The summed E-state index contributed by atoms with van der Waals surface area (Å²) in [6, 6.07) is 7.47. The van der Waals surface area contributed by atoms with E-state index in [1.54, 1.807) is 6.08 Å². The Morgan fingerprint density at radius 1 is 1.33 bits per heavy atom. The summed E-state index contributed by atoms with van der Waals surface area (Å²) in [5, 5.41) is 3.01. The molecule has 8 heteroatoms. The molecule has 2 rings (SSSR count). The molecule has 0 aliphatic heterocycles. The molecule has 0 atom stereocenters. The van der Waals surface area contributed by atoms with Crippen molar-refractivity contribution < 1.29 is 23.7 Å². The van der Waals surface area contributed by atoms with Gasteiger partial charge in [-0.1, -0.05) is 17.7 Å². The minimum Gasteiger partial charge on any atom is -0.402 e. The zero-order valence-electron chi connectivity index (χ0n) is 11.2. The van der Waals surface area contributed by atoms with Crippen molar-refractivity contribution in [3.63, 3.8) is 0 Å². The van der Waals surface area contributed by atoms with Crippen LogP contribution in [0.2, 0.25) is 0 Å². The van der Waals surface area contributed by atoms with Crippen LogP contribution in [0, 0.1) is 6.92 Å². The smallest absolute Gasteiger partial charge is 0.402 e. The molecule has 3 N–H and O–H groups in total. The molecule has 1 aliphatic rings. The summed E-state index contributed by atoms with van der Waals surface area (Å²) in [6.07, 6.45) is 3.22. The van der Waals surface area contributed by atoms with Crippen molar-refractivity contribution in [1.82, 2.24) is 0 Å². The highest BCUT2D eigenvalue weighted by molar-refractivity contribution is 7.46. The maximum absolute atomic E-state index is 11.0. The Hall–Kier alpha value is -2.17. The van der Waals surface area contributed by atoms with Crippen LogP contribution >= 0.6 is 7.82 Å². The van der Waals surface area contributed by atoms with Crippen LogP contribution in [-0.4, -0.2) is 20.3 Å². The number of phosphoric acid groups is 1. The highest BCUT2D eigenvalue weighted by Crippen LogP contribution is 2.41. The molecule has 1 aromatic carbocycles. The van der Waals surface area contributed by atoms with Crippen molar-refractivity contribution in [2.75, 3.05) is 5.32 Å². The average Bonchev–Trinajstić information content (AvgIpc) is 2.41. The topological polar surface area (TPSA) is 115 Å². The predicted molar refractivity (Wildman–Crippen MR) is 77.3 cm³/mol. The zero-order valence-corrected chi connectivity index (χ0v) is 12.1. The molecule has 0 saturated carbocycles. The summed E-state index contributed by atoms with van der Waals surface area (Å²) in [4.78, 5) is 20.9. The predicted octanol–water partition coefficient (Wildman–Crippen LogP) is 2.36. The molecule has 110 valence electrons. The van der Waals surface area contributed by atoms with Gasteiger partial charge in [-0.05, 0) is 25.1 Å². The van der Waals surface area contributed by atoms with Gasteiger partial charge in [-0.3, -0.25) is 9.79 Å². The summed E-state index contributed by atoms with van der Waals surface area (Å²) in [7, 11) is -4.71. The number of aryl methyl sites for hydroxylation is 1. The second-order valence-electron chi connectivity index (χ2n) is 4.49. The normalized spacial score (nSPS) is 14.9. The molecule has 0 heterocycles. The van der Waals surface area contributed by atoms with Gasteiger partial charge in [0, 0.05) is 5.69 Å². The fourth-order valence-corrected chi connectivity index (χ4v) is 2.18. The molecule has 0 amide bonds. The van der Waals surface area contributed by atoms with Crippen LogP contribution < -0.4 is 5.32 Å². The van der Waals surface area contributed by atoms with Gasteiger partial charge in [-0.2, -0.15) is 4.79 Å². The minimum atomic E-state index is -4.71. The van der Waals surface area contributed by atoms with Crippen molar-refractivity contribution in [2.24, 2.45) is 0 Å². The van der Waals surface area contributed by atoms with Gasteiger partial charge in [0.1, 0.15) is 0 Å². The number of benzene rings is 1. The van der Waals surface area contributed by atoms with Crippen LogP contribution in [0.4, 0.5) is 5.69 Å². The van der Waals surface area contributed by atoms with Gasteiger partial charge in [-0.25, -0.2) is 4.57 Å². The van der Waals surface area contributed by atoms with Crippen LogP contribution in [0.5, 0.6) is 0 Å². The van der Waals surface area contributed by atoms with E-state index in [9.17, 15) is 4.57 Å². The molecule has 0 fully saturated rings. The Bertz CT molecular complexity index is 697. The Morgan fingerprint density at radius 2 is 2.00 bits per heavy atom. The number of nitrogens with zero attached hydrogens (tertiary/aromatic N) is 2. The molecule has 0 unspecified atom stereocenters. The number of allylic oxidation sites excluding steroid dienone is 2. The summed E-state index contributed by atoms with van der Waals surface area (Å²) in [6.45, 7) is 1.95. The quantitative estimate of drug-likeness (QED) is 0.448. The number of hydrogen-bond acceptors (Lipinski definition) is 3. The maximum atomic E-state index is 11.0. The van der Waals surface area contributed by atoms with E-state index >= 15 is 0 Å².